The molecule has 0 amide bonds. The van der Waals surface area contributed by atoms with Gasteiger partial charge >= 0.3 is 0 Å². The quantitative estimate of drug-likeness (QED) is 0.633. The van der Waals surface area contributed by atoms with Crippen molar-refractivity contribution in [1.29, 1.82) is 0 Å². The normalized spacial score (nSPS) is 11.2. The van der Waals surface area contributed by atoms with Crippen LogP contribution < -0.4 is 0 Å². The monoisotopic (exact) mass is 162 g/mol. The van der Waals surface area contributed by atoms with Gasteiger partial charge < -0.3 is 0 Å². The van der Waals surface area contributed by atoms with E-state index in [0.29, 0.717) is 5.92 Å². The summed E-state index contributed by atoms with van der Waals surface area (Å²) in [6.45, 7) is 4.23. The van der Waals surface area contributed by atoms with Crippen molar-refractivity contribution in [2.75, 3.05) is 0 Å². The summed E-state index contributed by atoms with van der Waals surface area (Å²) in [6.07, 6.45) is 3.42. The summed E-state index contributed by atoms with van der Waals surface area (Å²) in [5.41, 5.74) is 2.07. The maximum absolute atomic E-state index is 4.24. The van der Waals surface area contributed by atoms with Gasteiger partial charge in [-0.05, 0) is 12.0 Å². The molecule has 0 aliphatic heterocycles. The van der Waals surface area contributed by atoms with Gasteiger partial charge in [0, 0.05) is 5.69 Å². The summed E-state index contributed by atoms with van der Waals surface area (Å²) < 4.78 is 1.66. The lowest BCUT2D eigenvalue weighted by Gasteiger charge is -2.02. The molecule has 2 heterocycles. The molecule has 0 saturated heterocycles. The van der Waals surface area contributed by atoms with Crippen LogP contribution in [0.2, 0.25) is 0 Å². The van der Waals surface area contributed by atoms with Gasteiger partial charge in [0.2, 0.25) is 0 Å². The van der Waals surface area contributed by atoms with Crippen LogP contribution in [0.3, 0.4) is 0 Å². The Labute approximate surface area is 70.2 Å². The molecular formula is C8H10N4. The Morgan fingerprint density at radius 3 is 3.00 bits per heavy atom. The third kappa shape index (κ3) is 1.05. The van der Waals surface area contributed by atoms with Gasteiger partial charge in [-0.15, -0.1) is 5.10 Å². The third-order valence-corrected chi connectivity index (χ3v) is 1.81. The van der Waals surface area contributed by atoms with Crippen LogP contribution in [0, 0.1) is 0 Å². The number of fused-ring (bicyclic) bond motifs is 1. The first kappa shape index (κ1) is 7.21. The van der Waals surface area contributed by atoms with E-state index in [4.69, 9.17) is 0 Å². The first-order chi connectivity index (χ1) is 5.77. The largest absolute Gasteiger partial charge is 0.241 e. The van der Waals surface area contributed by atoms with Crippen molar-refractivity contribution >= 4 is 5.52 Å². The van der Waals surface area contributed by atoms with Gasteiger partial charge in [-0.1, -0.05) is 19.1 Å². The molecule has 62 valence electrons. The minimum atomic E-state index is 0.449. The van der Waals surface area contributed by atoms with E-state index in [1.54, 1.807) is 17.0 Å². The van der Waals surface area contributed by atoms with Crippen molar-refractivity contribution in [1.82, 2.24) is 19.8 Å². The van der Waals surface area contributed by atoms with E-state index in [1.807, 2.05) is 6.07 Å². The second kappa shape index (κ2) is 2.55. The number of rotatable bonds is 1. The fraction of sp³-hybridized carbons (Fsp3) is 0.375. The number of hydrogen-bond donors (Lipinski definition) is 0. The van der Waals surface area contributed by atoms with Crippen molar-refractivity contribution in [3.05, 3.63) is 24.3 Å². The molecule has 0 spiro atoms. The molecule has 0 atom stereocenters. The van der Waals surface area contributed by atoms with Crippen molar-refractivity contribution in [3.63, 3.8) is 0 Å². The number of hydrogen-bond acceptors (Lipinski definition) is 3. The Morgan fingerprint density at radius 1 is 1.42 bits per heavy atom. The average Bonchev–Trinajstić information content (AvgIpc) is 2.49. The lowest BCUT2D eigenvalue weighted by atomic mass is 10.1. The minimum Gasteiger partial charge on any atom is -0.241 e. The predicted octanol–water partition coefficient (Wildman–Crippen LogP) is 1.25. The van der Waals surface area contributed by atoms with Gasteiger partial charge in [0.25, 0.3) is 0 Å². The van der Waals surface area contributed by atoms with Crippen LogP contribution in [-0.4, -0.2) is 19.8 Å². The first-order valence-corrected chi connectivity index (χ1v) is 3.93. The summed E-state index contributed by atoms with van der Waals surface area (Å²) in [5.74, 6) is 0.449. The maximum atomic E-state index is 4.24. The van der Waals surface area contributed by atoms with Gasteiger partial charge in [0.05, 0.1) is 11.7 Å². The zero-order valence-corrected chi connectivity index (χ0v) is 7.10. The van der Waals surface area contributed by atoms with Gasteiger partial charge in [0.15, 0.2) is 0 Å². The van der Waals surface area contributed by atoms with E-state index in [-0.39, 0.29) is 0 Å². The highest BCUT2D eigenvalue weighted by molar-refractivity contribution is 5.43. The van der Waals surface area contributed by atoms with Gasteiger partial charge in [0.1, 0.15) is 6.33 Å². The zero-order valence-electron chi connectivity index (χ0n) is 7.10. The van der Waals surface area contributed by atoms with E-state index in [1.165, 1.54) is 0 Å². The van der Waals surface area contributed by atoms with Crippen LogP contribution in [0.25, 0.3) is 5.52 Å². The minimum absolute atomic E-state index is 0.449. The molecule has 0 fully saturated rings. The van der Waals surface area contributed by atoms with E-state index >= 15 is 0 Å². The summed E-state index contributed by atoms with van der Waals surface area (Å²) >= 11 is 0. The van der Waals surface area contributed by atoms with Crippen molar-refractivity contribution in [2.24, 2.45) is 0 Å². The summed E-state index contributed by atoms with van der Waals surface area (Å²) in [7, 11) is 0. The van der Waals surface area contributed by atoms with Crippen LogP contribution in [-0.2, 0) is 0 Å². The fourth-order valence-corrected chi connectivity index (χ4v) is 1.07. The molecule has 4 nitrogen and oxygen atoms in total. The van der Waals surface area contributed by atoms with E-state index < -0.39 is 0 Å². The number of aromatic nitrogens is 4. The Morgan fingerprint density at radius 2 is 2.25 bits per heavy atom. The highest BCUT2D eigenvalue weighted by atomic mass is 15.4. The summed E-state index contributed by atoms with van der Waals surface area (Å²) in [5, 5.41) is 7.60. The summed E-state index contributed by atoms with van der Waals surface area (Å²) in [6, 6.07) is 2.00. The van der Waals surface area contributed by atoms with Crippen LogP contribution in [0.4, 0.5) is 0 Å². The Hall–Kier alpha value is -1.45. The van der Waals surface area contributed by atoms with Gasteiger partial charge in [-0.3, -0.25) is 0 Å². The summed E-state index contributed by atoms with van der Waals surface area (Å²) in [4.78, 5) is 4.24. The molecule has 0 aliphatic rings. The molecule has 0 unspecified atom stereocenters. The second-order valence-corrected chi connectivity index (χ2v) is 3.07. The first-order valence-electron chi connectivity index (χ1n) is 3.93. The molecule has 2 aromatic rings. The molecule has 2 rings (SSSR count). The smallest absolute Gasteiger partial charge is 0.119 e. The maximum Gasteiger partial charge on any atom is 0.119 e. The molecule has 0 aromatic carbocycles. The standard InChI is InChI=1S/C8H10N4/c1-6(2)8-3-7-4-10-11-12(7)5-9-8/h3-6H,1-2H3. The topological polar surface area (TPSA) is 43.1 Å². The Kier molecular flexibility index (Phi) is 1.53. The highest BCUT2D eigenvalue weighted by Crippen LogP contribution is 2.11. The van der Waals surface area contributed by atoms with Crippen LogP contribution in [0.1, 0.15) is 25.5 Å². The zero-order chi connectivity index (χ0) is 8.55. The van der Waals surface area contributed by atoms with Crippen LogP contribution in [0.5, 0.6) is 0 Å². The van der Waals surface area contributed by atoms with Gasteiger partial charge in [-0.25, -0.2) is 9.50 Å². The molecular weight excluding hydrogens is 152 g/mol. The lowest BCUT2D eigenvalue weighted by molar-refractivity contribution is 0.781. The Balaban J connectivity index is 2.60. The van der Waals surface area contributed by atoms with E-state index in [0.717, 1.165) is 11.2 Å². The molecule has 4 heteroatoms. The van der Waals surface area contributed by atoms with E-state index in [9.17, 15) is 0 Å². The number of nitrogens with zero attached hydrogens (tertiary/aromatic N) is 4. The van der Waals surface area contributed by atoms with Crippen molar-refractivity contribution in [2.45, 2.75) is 19.8 Å². The van der Waals surface area contributed by atoms with Crippen molar-refractivity contribution < 1.29 is 0 Å². The molecule has 0 N–H and O–H groups in total. The van der Waals surface area contributed by atoms with Crippen molar-refractivity contribution in [3.8, 4) is 0 Å². The molecule has 0 aliphatic carbocycles. The second-order valence-electron chi connectivity index (χ2n) is 3.07. The van der Waals surface area contributed by atoms with Crippen LogP contribution in [0.15, 0.2) is 18.6 Å². The molecule has 2 aromatic heterocycles. The lowest BCUT2D eigenvalue weighted by Crippen LogP contribution is -1.96. The fourth-order valence-electron chi connectivity index (χ4n) is 1.07. The third-order valence-electron chi connectivity index (χ3n) is 1.81. The predicted molar refractivity (Wildman–Crippen MR) is 44.9 cm³/mol. The molecule has 0 saturated carbocycles. The van der Waals surface area contributed by atoms with E-state index in [2.05, 4.69) is 29.1 Å². The molecule has 12 heavy (non-hydrogen) atoms. The highest BCUT2D eigenvalue weighted by Gasteiger charge is 2.02. The molecule has 0 bridgehead atoms. The van der Waals surface area contributed by atoms with Gasteiger partial charge in [-0.2, -0.15) is 0 Å². The van der Waals surface area contributed by atoms with Crippen LogP contribution >= 0.6 is 0 Å². The molecule has 0 radical (unpaired) electrons. The Bertz CT molecular complexity index is 391. The SMILES string of the molecule is CC(C)c1cc2cnnn2cn1. The average molecular weight is 162 g/mol.